The second-order valence-corrected chi connectivity index (χ2v) is 8.29. The monoisotopic (exact) mass is 432 g/mol. The number of aromatic nitrogens is 2. The predicted octanol–water partition coefficient (Wildman–Crippen LogP) is 2.40. The molecule has 1 aromatic heterocycles. The average Bonchev–Trinajstić information content (AvgIpc) is 3.22. The van der Waals surface area contributed by atoms with Crippen LogP contribution in [-0.4, -0.2) is 64.6 Å². The quantitative estimate of drug-likeness (QED) is 0.650. The van der Waals surface area contributed by atoms with E-state index >= 15 is 0 Å². The number of aryl methyl sites for hydroxylation is 1. The van der Waals surface area contributed by atoms with Crippen LogP contribution in [0.3, 0.4) is 0 Å². The van der Waals surface area contributed by atoms with Crippen LogP contribution in [0.25, 0.3) is 0 Å². The molecule has 2 unspecified atom stereocenters. The Hall–Kier alpha value is -2.55. The lowest BCUT2D eigenvalue weighted by atomic mass is 9.97. The largest absolute Gasteiger partial charge is 0.484 e. The van der Waals surface area contributed by atoms with Gasteiger partial charge >= 0.3 is 0 Å². The Balaban J connectivity index is 1.58. The van der Waals surface area contributed by atoms with E-state index in [0.29, 0.717) is 37.0 Å². The van der Waals surface area contributed by atoms with Crippen LogP contribution in [0.2, 0.25) is 0 Å². The van der Waals surface area contributed by atoms with Crippen LogP contribution < -0.4 is 10.1 Å². The van der Waals surface area contributed by atoms with Gasteiger partial charge in [0.05, 0.1) is 5.92 Å². The van der Waals surface area contributed by atoms with E-state index in [9.17, 15) is 9.59 Å². The number of likely N-dealkylation sites (tertiary alicyclic amines) is 1. The first-order valence-corrected chi connectivity index (χ1v) is 11.5. The van der Waals surface area contributed by atoms with Gasteiger partial charge in [0, 0.05) is 13.1 Å². The first kappa shape index (κ1) is 22.1. The van der Waals surface area contributed by atoms with Gasteiger partial charge in [-0.15, -0.1) is 0 Å². The maximum Gasteiger partial charge on any atom is 0.258 e. The maximum absolute atomic E-state index is 13.2. The topological polar surface area (TPSA) is 97.6 Å². The van der Waals surface area contributed by atoms with Crippen LogP contribution in [0.5, 0.6) is 5.75 Å². The number of rotatable bonds is 9. The second kappa shape index (κ2) is 11.0. The standard InChI is InChI=1S/C21H28N4O4S/c1-15-22-20(29-24-15)16-7-6-11-25(13-16)21(27)18(10-12-30-2)23-19(26)14-28-17-8-4-3-5-9-17/h3-5,8-9,16,18H,6-7,10-14H2,1-2H3,(H,23,26). The molecule has 2 atom stereocenters. The molecule has 162 valence electrons. The molecule has 0 saturated carbocycles. The first-order chi connectivity index (χ1) is 14.6. The first-order valence-electron chi connectivity index (χ1n) is 10.1. The van der Waals surface area contributed by atoms with Gasteiger partial charge in [-0.3, -0.25) is 9.59 Å². The van der Waals surface area contributed by atoms with Gasteiger partial charge in [-0.25, -0.2) is 0 Å². The number of benzene rings is 1. The number of carbonyl (C=O) groups excluding carboxylic acids is 2. The van der Waals surface area contributed by atoms with Gasteiger partial charge in [0.1, 0.15) is 11.8 Å². The van der Waals surface area contributed by atoms with Crippen molar-refractivity contribution in [3.8, 4) is 5.75 Å². The van der Waals surface area contributed by atoms with Gasteiger partial charge in [0.2, 0.25) is 11.8 Å². The lowest BCUT2D eigenvalue weighted by Crippen LogP contribution is -2.52. The van der Waals surface area contributed by atoms with E-state index in [1.54, 1.807) is 35.7 Å². The predicted molar refractivity (Wildman–Crippen MR) is 114 cm³/mol. The van der Waals surface area contributed by atoms with Crippen molar-refractivity contribution in [3.63, 3.8) is 0 Å². The number of ether oxygens (including phenoxy) is 1. The summed E-state index contributed by atoms with van der Waals surface area (Å²) in [6, 6.07) is 8.57. The van der Waals surface area contributed by atoms with Crippen LogP contribution in [0, 0.1) is 6.92 Å². The molecule has 3 rings (SSSR count). The van der Waals surface area contributed by atoms with Crippen molar-refractivity contribution in [2.75, 3.05) is 31.7 Å². The molecule has 0 aliphatic carbocycles. The van der Waals surface area contributed by atoms with Crippen molar-refractivity contribution in [2.24, 2.45) is 0 Å². The molecular weight excluding hydrogens is 404 g/mol. The number of hydrogen-bond acceptors (Lipinski definition) is 7. The van der Waals surface area contributed by atoms with Crippen molar-refractivity contribution in [2.45, 2.75) is 38.1 Å². The smallest absolute Gasteiger partial charge is 0.258 e. The summed E-state index contributed by atoms with van der Waals surface area (Å²) < 4.78 is 10.8. The summed E-state index contributed by atoms with van der Waals surface area (Å²) in [7, 11) is 0. The molecule has 30 heavy (non-hydrogen) atoms. The second-order valence-electron chi connectivity index (χ2n) is 7.31. The molecule has 2 heterocycles. The third kappa shape index (κ3) is 6.22. The fourth-order valence-electron chi connectivity index (χ4n) is 3.47. The highest BCUT2D eigenvalue weighted by molar-refractivity contribution is 7.98. The Kier molecular flexibility index (Phi) is 8.12. The van der Waals surface area contributed by atoms with E-state index in [1.165, 1.54) is 0 Å². The summed E-state index contributed by atoms with van der Waals surface area (Å²) in [5, 5.41) is 6.72. The van der Waals surface area contributed by atoms with E-state index in [-0.39, 0.29) is 24.3 Å². The molecule has 1 aromatic carbocycles. The average molecular weight is 433 g/mol. The van der Waals surface area contributed by atoms with E-state index in [1.807, 2.05) is 24.5 Å². The number of hydrogen-bond donors (Lipinski definition) is 1. The van der Waals surface area contributed by atoms with E-state index < -0.39 is 6.04 Å². The Bertz CT molecular complexity index is 829. The normalized spacial score (nSPS) is 17.4. The minimum atomic E-state index is -0.576. The van der Waals surface area contributed by atoms with Gasteiger partial charge in [0.25, 0.3) is 5.91 Å². The number of piperidine rings is 1. The van der Waals surface area contributed by atoms with E-state index in [4.69, 9.17) is 9.26 Å². The summed E-state index contributed by atoms with van der Waals surface area (Å²) in [5.41, 5.74) is 0. The van der Waals surface area contributed by atoms with Crippen molar-refractivity contribution in [1.82, 2.24) is 20.4 Å². The molecule has 8 nitrogen and oxygen atoms in total. The summed E-state index contributed by atoms with van der Waals surface area (Å²) in [6.07, 6.45) is 4.31. The van der Waals surface area contributed by atoms with Crippen molar-refractivity contribution < 1.29 is 18.8 Å². The van der Waals surface area contributed by atoms with Crippen LogP contribution in [0.4, 0.5) is 0 Å². The van der Waals surface area contributed by atoms with Crippen LogP contribution in [0.1, 0.15) is 36.9 Å². The third-order valence-corrected chi connectivity index (χ3v) is 5.63. The molecule has 0 spiro atoms. The molecular formula is C21H28N4O4S. The number of thioether (sulfide) groups is 1. The summed E-state index contributed by atoms with van der Waals surface area (Å²) in [5.74, 6) is 2.21. The zero-order valence-corrected chi connectivity index (χ0v) is 18.2. The molecule has 0 bridgehead atoms. The highest BCUT2D eigenvalue weighted by Crippen LogP contribution is 2.26. The molecule has 1 aliphatic heterocycles. The highest BCUT2D eigenvalue weighted by atomic mass is 32.2. The number of amides is 2. The molecule has 9 heteroatoms. The number of nitrogens with one attached hydrogen (secondary N) is 1. The zero-order chi connectivity index (χ0) is 21.3. The van der Waals surface area contributed by atoms with Crippen LogP contribution in [0.15, 0.2) is 34.9 Å². The van der Waals surface area contributed by atoms with Crippen molar-refractivity contribution in [3.05, 3.63) is 42.0 Å². The molecule has 1 aliphatic rings. The molecule has 2 amide bonds. The molecule has 2 aromatic rings. The van der Waals surface area contributed by atoms with Gasteiger partial charge < -0.3 is 19.5 Å². The molecule has 1 fully saturated rings. The summed E-state index contributed by atoms with van der Waals surface area (Å²) >= 11 is 1.64. The lowest BCUT2D eigenvalue weighted by molar-refractivity contribution is -0.138. The number of carbonyl (C=O) groups is 2. The Labute approximate surface area is 180 Å². The minimum absolute atomic E-state index is 0.0298. The van der Waals surface area contributed by atoms with Crippen molar-refractivity contribution >= 4 is 23.6 Å². The SMILES string of the molecule is CSCCC(NC(=O)COc1ccccc1)C(=O)N1CCCC(c2nc(C)no2)C1. The molecule has 1 N–H and O–H groups in total. The minimum Gasteiger partial charge on any atom is -0.484 e. The maximum atomic E-state index is 13.2. The lowest BCUT2D eigenvalue weighted by Gasteiger charge is -2.33. The highest BCUT2D eigenvalue weighted by Gasteiger charge is 2.32. The number of para-hydroxylation sites is 1. The Morgan fingerprint density at radius 2 is 2.17 bits per heavy atom. The van der Waals surface area contributed by atoms with Gasteiger partial charge in [-0.1, -0.05) is 23.4 Å². The fraction of sp³-hybridized carbons (Fsp3) is 0.524. The Morgan fingerprint density at radius 1 is 1.37 bits per heavy atom. The van der Waals surface area contributed by atoms with Crippen LogP contribution in [-0.2, 0) is 9.59 Å². The summed E-state index contributed by atoms with van der Waals surface area (Å²) in [6.45, 7) is 2.84. The van der Waals surface area contributed by atoms with Crippen LogP contribution >= 0.6 is 11.8 Å². The summed E-state index contributed by atoms with van der Waals surface area (Å²) in [4.78, 5) is 31.7. The Morgan fingerprint density at radius 3 is 2.87 bits per heavy atom. The molecule has 0 radical (unpaired) electrons. The van der Waals surface area contributed by atoms with Gasteiger partial charge in [-0.05, 0) is 50.3 Å². The molecule has 1 saturated heterocycles. The van der Waals surface area contributed by atoms with Crippen molar-refractivity contribution in [1.29, 1.82) is 0 Å². The van der Waals surface area contributed by atoms with E-state index in [0.717, 1.165) is 18.6 Å². The van der Waals surface area contributed by atoms with Gasteiger partial charge in [-0.2, -0.15) is 16.7 Å². The zero-order valence-electron chi connectivity index (χ0n) is 17.4. The number of nitrogens with zero attached hydrogens (tertiary/aromatic N) is 3. The van der Waals surface area contributed by atoms with E-state index in [2.05, 4.69) is 15.5 Å². The third-order valence-electron chi connectivity index (χ3n) is 4.98. The van der Waals surface area contributed by atoms with Gasteiger partial charge in [0.15, 0.2) is 12.4 Å². The fourth-order valence-corrected chi connectivity index (χ4v) is 3.94.